The second-order valence-electron chi connectivity index (χ2n) is 5.18. The van der Waals surface area contributed by atoms with Crippen molar-refractivity contribution >= 4 is 17.8 Å². The molecule has 0 saturated carbocycles. The molecule has 118 valence electrons. The van der Waals surface area contributed by atoms with Gasteiger partial charge in [-0.25, -0.2) is 0 Å². The van der Waals surface area contributed by atoms with Crippen LogP contribution in [0.4, 0.5) is 0 Å². The Morgan fingerprint density at radius 3 is 2.35 bits per heavy atom. The molecule has 0 heterocycles. The van der Waals surface area contributed by atoms with Crippen LogP contribution in [0, 0.1) is 6.92 Å². The molecule has 5 nitrogen and oxygen atoms in total. The molecule has 2 aromatic rings. The van der Waals surface area contributed by atoms with Crippen LogP contribution in [-0.2, 0) is 11.2 Å². The molecule has 0 unspecified atom stereocenters. The van der Waals surface area contributed by atoms with E-state index in [1.54, 1.807) is 31.2 Å². The fourth-order valence-electron chi connectivity index (χ4n) is 2.19. The van der Waals surface area contributed by atoms with Crippen LogP contribution in [0.1, 0.15) is 27.0 Å². The molecule has 0 aliphatic carbocycles. The number of phenolic OH excluding ortho intramolecular Hbond substituents is 2. The molecule has 0 bridgehead atoms. The summed E-state index contributed by atoms with van der Waals surface area (Å²) in [5, 5.41) is 28.2. The van der Waals surface area contributed by atoms with Gasteiger partial charge in [-0.2, -0.15) is 0 Å². The van der Waals surface area contributed by atoms with Gasteiger partial charge in [-0.05, 0) is 42.3 Å². The van der Waals surface area contributed by atoms with Crippen molar-refractivity contribution in [1.29, 1.82) is 0 Å². The number of phenols is 2. The third-order valence-electron chi connectivity index (χ3n) is 3.26. The summed E-state index contributed by atoms with van der Waals surface area (Å²) in [6.45, 7) is 1.73. The summed E-state index contributed by atoms with van der Waals surface area (Å²) in [6, 6.07) is 9.35. The summed E-state index contributed by atoms with van der Waals surface area (Å²) in [4.78, 5) is 23.1. The van der Waals surface area contributed by atoms with Crippen LogP contribution in [0.3, 0.4) is 0 Å². The number of aryl methyl sites for hydroxylation is 1. The number of aliphatic carboxylic acids is 1. The van der Waals surface area contributed by atoms with E-state index in [1.807, 2.05) is 0 Å². The third kappa shape index (κ3) is 4.20. The molecule has 0 atom stereocenters. The van der Waals surface area contributed by atoms with Crippen LogP contribution in [0.2, 0.25) is 0 Å². The van der Waals surface area contributed by atoms with Crippen molar-refractivity contribution in [3.05, 3.63) is 64.7 Å². The Morgan fingerprint density at radius 2 is 1.74 bits per heavy atom. The molecule has 5 heteroatoms. The van der Waals surface area contributed by atoms with Crippen molar-refractivity contribution in [3.63, 3.8) is 0 Å². The van der Waals surface area contributed by atoms with Gasteiger partial charge in [0.05, 0.1) is 12.0 Å². The summed E-state index contributed by atoms with van der Waals surface area (Å²) < 4.78 is 0. The third-order valence-corrected chi connectivity index (χ3v) is 3.26. The van der Waals surface area contributed by atoms with E-state index < -0.39 is 11.8 Å². The second kappa shape index (κ2) is 6.79. The largest absolute Gasteiger partial charge is 0.508 e. The number of hydrogen-bond donors (Lipinski definition) is 3. The van der Waals surface area contributed by atoms with Gasteiger partial charge in [0.25, 0.3) is 0 Å². The highest BCUT2D eigenvalue weighted by Crippen LogP contribution is 2.26. The Bertz CT molecular complexity index is 773. The van der Waals surface area contributed by atoms with Crippen molar-refractivity contribution in [3.8, 4) is 11.5 Å². The average molecular weight is 312 g/mol. The fourth-order valence-corrected chi connectivity index (χ4v) is 2.19. The van der Waals surface area contributed by atoms with Crippen LogP contribution in [-0.4, -0.2) is 27.1 Å². The molecule has 0 amide bonds. The van der Waals surface area contributed by atoms with Crippen LogP contribution in [0.15, 0.2) is 42.5 Å². The molecular formula is C18H16O5. The maximum atomic E-state index is 12.3. The SMILES string of the molecule is Cc1cc(CC(=O)O)c(O)c(C(=O)C=Cc2ccc(O)cc2)c1. The van der Waals surface area contributed by atoms with E-state index in [0.717, 1.165) is 0 Å². The van der Waals surface area contributed by atoms with Crippen molar-refractivity contribution in [1.82, 2.24) is 0 Å². The number of carbonyl (C=O) groups is 2. The van der Waals surface area contributed by atoms with Gasteiger partial charge >= 0.3 is 5.97 Å². The number of aromatic hydroxyl groups is 2. The summed E-state index contributed by atoms with van der Waals surface area (Å²) in [6.07, 6.45) is 2.50. The Morgan fingerprint density at radius 1 is 1.09 bits per heavy atom. The number of benzene rings is 2. The first kappa shape index (κ1) is 16.3. The van der Waals surface area contributed by atoms with Gasteiger partial charge in [0, 0.05) is 5.56 Å². The zero-order chi connectivity index (χ0) is 17.0. The van der Waals surface area contributed by atoms with Gasteiger partial charge in [-0.3, -0.25) is 9.59 Å². The minimum Gasteiger partial charge on any atom is -0.508 e. The van der Waals surface area contributed by atoms with Gasteiger partial charge in [0.2, 0.25) is 0 Å². The lowest BCUT2D eigenvalue weighted by Crippen LogP contribution is -2.04. The van der Waals surface area contributed by atoms with Crippen molar-refractivity contribution in [2.75, 3.05) is 0 Å². The molecule has 0 saturated heterocycles. The first-order chi connectivity index (χ1) is 10.9. The van der Waals surface area contributed by atoms with Crippen LogP contribution >= 0.6 is 0 Å². The second-order valence-corrected chi connectivity index (χ2v) is 5.18. The number of hydrogen-bond acceptors (Lipinski definition) is 4. The molecule has 0 aliphatic heterocycles. The number of carboxylic acids is 1. The number of allylic oxidation sites excluding steroid dienone is 1. The van der Waals surface area contributed by atoms with Crippen molar-refractivity contribution < 1.29 is 24.9 Å². The zero-order valence-corrected chi connectivity index (χ0v) is 12.5. The van der Waals surface area contributed by atoms with Crippen molar-refractivity contribution in [2.45, 2.75) is 13.3 Å². The normalized spacial score (nSPS) is 10.8. The topological polar surface area (TPSA) is 94.8 Å². The molecule has 0 aliphatic rings. The standard InChI is InChI=1S/C18H16O5/c1-11-8-13(10-17(21)22)18(23)15(9-11)16(20)7-4-12-2-5-14(19)6-3-12/h2-9,19,23H,10H2,1H3,(H,21,22). The predicted octanol–water partition coefficient (Wildman–Crippen LogP) is 2.93. The Hall–Kier alpha value is -3.08. The highest BCUT2D eigenvalue weighted by atomic mass is 16.4. The quantitative estimate of drug-likeness (QED) is 0.583. The number of rotatable bonds is 5. The first-order valence-corrected chi connectivity index (χ1v) is 6.92. The van der Waals surface area contributed by atoms with Gasteiger partial charge < -0.3 is 15.3 Å². The smallest absolute Gasteiger partial charge is 0.307 e. The van der Waals surface area contributed by atoms with Gasteiger partial charge in [-0.1, -0.05) is 24.3 Å². The molecule has 3 N–H and O–H groups in total. The zero-order valence-electron chi connectivity index (χ0n) is 12.5. The number of carbonyl (C=O) groups excluding carboxylic acids is 1. The van der Waals surface area contributed by atoms with Gasteiger partial charge in [-0.15, -0.1) is 0 Å². The Balaban J connectivity index is 2.30. The molecule has 0 aromatic heterocycles. The molecule has 0 spiro atoms. The lowest BCUT2D eigenvalue weighted by atomic mass is 9.99. The Kier molecular flexibility index (Phi) is 4.81. The monoisotopic (exact) mass is 312 g/mol. The van der Waals surface area contributed by atoms with Gasteiger partial charge in [0.1, 0.15) is 11.5 Å². The molecule has 2 aromatic carbocycles. The van der Waals surface area contributed by atoms with E-state index in [-0.39, 0.29) is 29.0 Å². The minimum absolute atomic E-state index is 0.0660. The van der Waals surface area contributed by atoms with E-state index >= 15 is 0 Å². The summed E-state index contributed by atoms with van der Waals surface area (Å²) in [5.41, 5.74) is 1.68. The lowest BCUT2D eigenvalue weighted by molar-refractivity contribution is -0.136. The molecule has 0 radical (unpaired) electrons. The molecular weight excluding hydrogens is 296 g/mol. The van der Waals surface area contributed by atoms with E-state index in [2.05, 4.69) is 0 Å². The number of carboxylic acid groups (broad SMARTS) is 1. The minimum atomic E-state index is -1.08. The van der Waals surface area contributed by atoms with Crippen molar-refractivity contribution in [2.24, 2.45) is 0 Å². The average Bonchev–Trinajstić information content (AvgIpc) is 2.49. The number of ketones is 1. The Labute approximate surface area is 133 Å². The summed E-state index contributed by atoms with van der Waals surface area (Å²) in [7, 11) is 0. The molecule has 2 rings (SSSR count). The van der Waals surface area contributed by atoms with Gasteiger partial charge in [0.15, 0.2) is 5.78 Å². The maximum absolute atomic E-state index is 12.3. The van der Waals surface area contributed by atoms with E-state index in [1.165, 1.54) is 24.3 Å². The summed E-state index contributed by atoms with van der Waals surface area (Å²) >= 11 is 0. The van der Waals surface area contributed by atoms with E-state index in [9.17, 15) is 19.8 Å². The van der Waals surface area contributed by atoms with Crippen LogP contribution in [0.25, 0.3) is 6.08 Å². The van der Waals surface area contributed by atoms with Crippen LogP contribution < -0.4 is 0 Å². The molecule has 0 fully saturated rings. The lowest BCUT2D eigenvalue weighted by Gasteiger charge is -2.08. The predicted molar refractivity (Wildman–Crippen MR) is 85.7 cm³/mol. The van der Waals surface area contributed by atoms with E-state index in [0.29, 0.717) is 11.1 Å². The van der Waals surface area contributed by atoms with E-state index in [4.69, 9.17) is 5.11 Å². The maximum Gasteiger partial charge on any atom is 0.307 e. The summed E-state index contributed by atoms with van der Waals surface area (Å²) in [5.74, 6) is -1.68. The molecule has 23 heavy (non-hydrogen) atoms. The van der Waals surface area contributed by atoms with Crippen LogP contribution in [0.5, 0.6) is 11.5 Å². The first-order valence-electron chi connectivity index (χ1n) is 6.92. The highest BCUT2D eigenvalue weighted by Gasteiger charge is 2.15. The fraction of sp³-hybridized carbons (Fsp3) is 0.111. The highest BCUT2D eigenvalue weighted by molar-refractivity contribution is 6.09.